The van der Waals surface area contributed by atoms with Crippen LogP contribution < -0.4 is 0 Å². The number of hydrogen-bond acceptors (Lipinski definition) is 3. The number of hydrogen-bond donors (Lipinski definition) is 1. The van der Waals surface area contributed by atoms with Gasteiger partial charge in [0.15, 0.2) is 0 Å². The molecule has 0 aromatic rings. The van der Waals surface area contributed by atoms with Gasteiger partial charge in [0, 0.05) is 19.6 Å². The zero-order valence-corrected chi connectivity index (χ0v) is 11.4. The highest BCUT2D eigenvalue weighted by molar-refractivity contribution is 4.91. The monoisotopic (exact) mass is 242 g/mol. The van der Waals surface area contributed by atoms with Gasteiger partial charge in [0.2, 0.25) is 0 Å². The van der Waals surface area contributed by atoms with E-state index in [1.54, 1.807) is 0 Å². The fraction of sp³-hybridized carbons (Fsp3) is 1.00. The van der Waals surface area contributed by atoms with E-state index in [2.05, 4.69) is 20.8 Å². The van der Waals surface area contributed by atoms with Crippen LogP contribution in [0.25, 0.3) is 0 Å². The Bertz CT molecular complexity index is 251. The van der Waals surface area contributed by atoms with Crippen molar-refractivity contribution in [2.45, 2.75) is 58.2 Å². The lowest BCUT2D eigenvalue weighted by atomic mass is 9.77. The van der Waals surface area contributed by atoms with E-state index in [0.717, 1.165) is 45.5 Å². The first kappa shape index (κ1) is 13.3. The smallest absolute Gasteiger partial charge is 0.0939 e. The third kappa shape index (κ3) is 3.21. The van der Waals surface area contributed by atoms with Gasteiger partial charge in [0.1, 0.15) is 0 Å². The van der Waals surface area contributed by atoms with Gasteiger partial charge in [0.05, 0.1) is 18.3 Å². The molecule has 2 rings (SSSR count). The second-order valence-electron chi connectivity index (χ2n) is 6.81. The maximum absolute atomic E-state index is 10.2. The normalized spacial score (nSPS) is 36.4. The lowest BCUT2D eigenvalue weighted by Crippen LogP contribution is -2.42. The lowest BCUT2D eigenvalue weighted by Gasteiger charge is -2.39. The third-order valence-corrected chi connectivity index (χ3v) is 4.22. The maximum atomic E-state index is 10.2. The largest absolute Gasteiger partial charge is 0.393 e. The van der Waals surface area contributed by atoms with Crippen molar-refractivity contribution in [3.63, 3.8) is 0 Å². The second-order valence-corrected chi connectivity index (χ2v) is 6.81. The van der Waals surface area contributed by atoms with Crippen molar-refractivity contribution in [2.24, 2.45) is 11.3 Å². The molecule has 0 aliphatic carbocycles. The topological polar surface area (TPSA) is 38.7 Å². The Hall–Kier alpha value is -0.120. The molecule has 100 valence electrons. The molecule has 2 heterocycles. The summed E-state index contributed by atoms with van der Waals surface area (Å²) in [5, 5.41) is 10.2. The zero-order chi connectivity index (χ0) is 12.5. The van der Waals surface area contributed by atoms with Crippen molar-refractivity contribution in [1.82, 2.24) is 0 Å². The van der Waals surface area contributed by atoms with Crippen LogP contribution in [0.3, 0.4) is 0 Å². The van der Waals surface area contributed by atoms with Crippen molar-refractivity contribution in [3.05, 3.63) is 0 Å². The van der Waals surface area contributed by atoms with Crippen LogP contribution in [0.4, 0.5) is 0 Å². The molecule has 0 aromatic heterocycles. The van der Waals surface area contributed by atoms with Crippen LogP contribution in [0.2, 0.25) is 0 Å². The SMILES string of the molecule is CC(C)(C)C(O)CC1CCOC2(CCOC2)C1. The van der Waals surface area contributed by atoms with E-state index in [4.69, 9.17) is 9.47 Å². The molecule has 0 saturated carbocycles. The second kappa shape index (κ2) is 4.87. The van der Waals surface area contributed by atoms with E-state index in [-0.39, 0.29) is 17.1 Å². The van der Waals surface area contributed by atoms with E-state index < -0.39 is 0 Å². The van der Waals surface area contributed by atoms with Gasteiger partial charge in [-0.25, -0.2) is 0 Å². The molecule has 2 aliphatic heterocycles. The molecule has 1 spiro atoms. The van der Waals surface area contributed by atoms with Crippen LogP contribution in [0, 0.1) is 11.3 Å². The van der Waals surface area contributed by atoms with E-state index >= 15 is 0 Å². The summed E-state index contributed by atoms with van der Waals surface area (Å²) in [4.78, 5) is 0. The van der Waals surface area contributed by atoms with Crippen LogP contribution in [0.15, 0.2) is 0 Å². The van der Waals surface area contributed by atoms with Gasteiger partial charge in [-0.3, -0.25) is 0 Å². The Labute approximate surface area is 104 Å². The molecule has 0 radical (unpaired) electrons. The highest BCUT2D eigenvalue weighted by atomic mass is 16.6. The first-order valence-corrected chi connectivity index (χ1v) is 6.81. The fourth-order valence-electron chi connectivity index (χ4n) is 2.86. The minimum absolute atomic E-state index is 0.0162. The Kier molecular flexibility index (Phi) is 3.81. The van der Waals surface area contributed by atoms with Crippen molar-refractivity contribution in [3.8, 4) is 0 Å². The van der Waals surface area contributed by atoms with Crippen molar-refractivity contribution < 1.29 is 14.6 Å². The number of ether oxygens (including phenoxy) is 2. The summed E-state index contributed by atoms with van der Waals surface area (Å²) < 4.78 is 11.4. The molecule has 0 aromatic carbocycles. The van der Waals surface area contributed by atoms with Gasteiger partial charge in [-0.1, -0.05) is 20.8 Å². The van der Waals surface area contributed by atoms with Crippen LogP contribution in [-0.4, -0.2) is 36.6 Å². The van der Waals surface area contributed by atoms with Gasteiger partial charge in [-0.2, -0.15) is 0 Å². The highest BCUT2D eigenvalue weighted by Gasteiger charge is 2.41. The molecular weight excluding hydrogens is 216 g/mol. The quantitative estimate of drug-likeness (QED) is 0.808. The summed E-state index contributed by atoms with van der Waals surface area (Å²) in [5.41, 5.74) is -0.0435. The van der Waals surface area contributed by atoms with Crippen molar-refractivity contribution >= 4 is 0 Å². The standard InChI is InChI=1S/C14H26O3/c1-13(2,3)12(15)8-11-4-6-17-14(9-11)5-7-16-10-14/h11-12,15H,4-10H2,1-3H3. The average Bonchev–Trinajstić information content (AvgIpc) is 2.65. The summed E-state index contributed by atoms with van der Waals surface area (Å²) in [6.07, 6.45) is 3.84. The van der Waals surface area contributed by atoms with Crippen LogP contribution >= 0.6 is 0 Å². The molecule has 2 saturated heterocycles. The molecule has 3 unspecified atom stereocenters. The summed E-state index contributed by atoms with van der Waals surface area (Å²) in [7, 11) is 0. The first-order valence-electron chi connectivity index (χ1n) is 6.81. The van der Waals surface area contributed by atoms with Gasteiger partial charge in [0.25, 0.3) is 0 Å². The zero-order valence-electron chi connectivity index (χ0n) is 11.4. The molecule has 3 heteroatoms. The van der Waals surface area contributed by atoms with Gasteiger partial charge >= 0.3 is 0 Å². The molecule has 0 amide bonds. The number of rotatable bonds is 2. The minimum atomic E-state index is -0.218. The minimum Gasteiger partial charge on any atom is -0.393 e. The van der Waals surface area contributed by atoms with E-state index in [1.165, 1.54) is 0 Å². The van der Waals surface area contributed by atoms with Crippen LogP contribution in [0.5, 0.6) is 0 Å². The lowest BCUT2D eigenvalue weighted by molar-refractivity contribution is -0.106. The van der Waals surface area contributed by atoms with Crippen LogP contribution in [0.1, 0.15) is 46.5 Å². The van der Waals surface area contributed by atoms with E-state index in [0.29, 0.717) is 5.92 Å². The maximum Gasteiger partial charge on any atom is 0.0939 e. The van der Waals surface area contributed by atoms with E-state index in [9.17, 15) is 5.11 Å². The van der Waals surface area contributed by atoms with Gasteiger partial charge < -0.3 is 14.6 Å². The molecule has 0 bridgehead atoms. The van der Waals surface area contributed by atoms with Crippen molar-refractivity contribution in [1.29, 1.82) is 0 Å². The molecule has 3 nitrogen and oxygen atoms in total. The molecule has 3 atom stereocenters. The third-order valence-electron chi connectivity index (χ3n) is 4.22. The van der Waals surface area contributed by atoms with Gasteiger partial charge in [-0.05, 0) is 30.6 Å². The molecular formula is C14H26O3. The first-order chi connectivity index (χ1) is 7.91. The summed E-state index contributed by atoms with van der Waals surface area (Å²) in [5.74, 6) is 0.583. The number of aliphatic hydroxyl groups excluding tert-OH is 1. The Morgan fingerprint density at radius 2 is 2.12 bits per heavy atom. The van der Waals surface area contributed by atoms with Crippen LogP contribution in [-0.2, 0) is 9.47 Å². The van der Waals surface area contributed by atoms with Crippen molar-refractivity contribution in [2.75, 3.05) is 19.8 Å². The van der Waals surface area contributed by atoms with E-state index in [1.807, 2.05) is 0 Å². The molecule has 17 heavy (non-hydrogen) atoms. The Morgan fingerprint density at radius 1 is 1.35 bits per heavy atom. The molecule has 2 aliphatic rings. The predicted molar refractivity (Wildman–Crippen MR) is 66.9 cm³/mol. The molecule has 2 fully saturated rings. The Morgan fingerprint density at radius 3 is 2.71 bits per heavy atom. The fourth-order valence-corrected chi connectivity index (χ4v) is 2.86. The summed E-state index contributed by atoms with van der Waals surface area (Å²) in [6.45, 7) is 8.71. The summed E-state index contributed by atoms with van der Waals surface area (Å²) in [6, 6.07) is 0. The highest BCUT2D eigenvalue weighted by Crippen LogP contribution is 2.39. The van der Waals surface area contributed by atoms with Gasteiger partial charge in [-0.15, -0.1) is 0 Å². The summed E-state index contributed by atoms with van der Waals surface area (Å²) >= 11 is 0. The molecule has 1 N–H and O–H groups in total. The Balaban J connectivity index is 1.89. The number of aliphatic hydroxyl groups is 1. The predicted octanol–water partition coefficient (Wildman–Crippen LogP) is 2.37. The average molecular weight is 242 g/mol.